The Morgan fingerprint density at radius 1 is 1.44 bits per heavy atom. The van der Waals surface area contributed by atoms with Crippen molar-refractivity contribution in [3.05, 3.63) is 29.1 Å². The number of fused-ring (bicyclic) bond motifs is 1. The van der Waals surface area contributed by atoms with Crippen LogP contribution in [0.25, 0.3) is 11.0 Å². The monoisotopic (exact) mass is 246 g/mol. The summed E-state index contributed by atoms with van der Waals surface area (Å²) in [6.45, 7) is 3.59. The zero-order valence-corrected chi connectivity index (χ0v) is 10.8. The summed E-state index contributed by atoms with van der Waals surface area (Å²) < 4.78 is 0. The van der Waals surface area contributed by atoms with Crippen molar-refractivity contribution in [3.63, 3.8) is 0 Å². The maximum Gasteiger partial charge on any atom is 0.160 e. The molecule has 18 heavy (non-hydrogen) atoms. The van der Waals surface area contributed by atoms with Crippen molar-refractivity contribution in [3.8, 4) is 0 Å². The molecule has 4 heteroatoms. The van der Waals surface area contributed by atoms with E-state index in [0.717, 1.165) is 41.4 Å². The van der Waals surface area contributed by atoms with Gasteiger partial charge in [0, 0.05) is 5.56 Å². The third-order valence-electron chi connectivity index (χ3n) is 3.12. The average molecular weight is 246 g/mol. The van der Waals surface area contributed by atoms with Crippen LogP contribution in [0.4, 0.5) is 0 Å². The lowest BCUT2D eigenvalue weighted by Crippen LogP contribution is -2.01. The Morgan fingerprint density at radius 3 is 2.83 bits per heavy atom. The van der Waals surface area contributed by atoms with Gasteiger partial charge in [-0.2, -0.15) is 0 Å². The average Bonchev–Trinajstić information content (AvgIpc) is 2.78. The summed E-state index contributed by atoms with van der Waals surface area (Å²) in [5.74, 6) is 0.611. The summed E-state index contributed by atoms with van der Waals surface area (Å²) in [5, 5.41) is 9.12. The number of aliphatic hydroxyl groups is 1. The molecule has 4 nitrogen and oxygen atoms in total. The molecule has 0 aliphatic heterocycles. The predicted octanol–water partition coefficient (Wildman–Crippen LogP) is 2.60. The van der Waals surface area contributed by atoms with Crippen molar-refractivity contribution in [2.45, 2.75) is 39.7 Å². The number of carbonyl (C=O) groups excluding carboxylic acids is 1. The van der Waals surface area contributed by atoms with Crippen molar-refractivity contribution < 1.29 is 9.90 Å². The number of ketones is 1. The highest BCUT2D eigenvalue weighted by atomic mass is 16.3. The number of rotatable bonds is 5. The lowest BCUT2D eigenvalue weighted by molar-refractivity contribution is 0.101. The van der Waals surface area contributed by atoms with Gasteiger partial charge in [-0.1, -0.05) is 13.3 Å². The minimum absolute atomic E-state index is 0.0663. The standard InChI is InChI=1S/C14H18N2O2/c1-3-4-5-11-10(9(2)18)6-7-12-14(11)16-13(8-17)15-12/h6-7,17H,3-5,8H2,1-2H3,(H,15,16). The molecule has 1 aromatic heterocycles. The minimum Gasteiger partial charge on any atom is -0.388 e. The second kappa shape index (κ2) is 5.31. The summed E-state index contributed by atoms with van der Waals surface area (Å²) in [4.78, 5) is 19.1. The van der Waals surface area contributed by atoms with Crippen LogP contribution in [0.1, 0.15) is 48.4 Å². The second-order valence-corrected chi connectivity index (χ2v) is 4.49. The van der Waals surface area contributed by atoms with Crippen molar-refractivity contribution in [1.82, 2.24) is 9.97 Å². The SMILES string of the molecule is CCCCc1c(C(C)=O)ccc2[nH]c(CO)nc12. The van der Waals surface area contributed by atoms with Crippen LogP contribution < -0.4 is 0 Å². The minimum atomic E-state index is -0.114. The van der Waals surface area contributed by atoms with Gasteiger partial charge in [0.15, 0.2) is 5.78 Å². The summed E-state index contributed by atoms with van der Waals surface area (Å²) in [6.07, 6.45) is 2.95. The van der Waals surface area contributed by atoms with Crippen LogP contribution in [-0.2, 0) is 13.0 Å². The molecule has 0 radical (unpaired) electrons. The number of unbranched alkanes of at least 4 members (excludes halogenated alkanes) is 1. The van der Waals surface area contributed by atoms with Gasteiger partial charge in [0.2, 0.25) is 0 Å². The Kier molecular flexibility index (Phi) is 3.77. The van der Waals surface area contributed by atoms with Crippen molar-refractivity contribution >= 4 is 16.8 Å². The van der Waals surface area contributed by atoms with Crippen LogP contribution in [0.2, 0.25) is 0 Å². The molecule has 2 N–H and O–H groups in total. The van der Waals surface area contributed by atoms with Gasteiger partial charge in [0.05, 0.1) is 11.0 Å². The first-order valence-corrected chi connectivity index (χ1v) is 6.29. The number of aromatic nitrogens is 2. The van der Waals surface area contributed by atoms with Gasteiger partial charge >= 0.3 is 0 Å². The van der Waals surface area contributed by atoms with Crippen molar-refractivity contribution in [2.24, 2.45) is 0 Å². The number of Topliss-reactive ketones (excluding diaryl/α,β-unsaturated/α-hetero) is 1. The molecule has 96 valence electrons. The van der Waals surface area contributed by atoms with E-state index in [0.29, 0.717) is 5.82 Å². The number of hydrogen-bond acceptors (Lipinski definition) is 3. The largest absolute Gasteiger partial charge is 0.388 e. The number of benzene rings is 1. The highest BCUT2D eigenvalue weighted by Crippen LogP contribution is 2.23. The molecule has 2 rings (SSSR count). The molecule has 0 saturated carbocycles. The van der Waals surface area contributed by atoms with Crippen LogP contribution in [0, 0.1) is 0 Å². The molecule has 0 atom stereocenters. The normalized spacial score (nSPS) is 11.1. The molecule has 0 aliphatic rings. The molecule has 0 aliphatic carbocycles. The molecule has 2 aromatic rings. The summed E-state index contributed by atoms with van der Waals surface area (Å²) >= 11 is 0. The van der Waals surface area contributed by atoms with Crippen LogP contribution in [0.3, 0.4) is 0 Å². The van der Waals surface area contributed by atoms with E-state index in [9.17, 15) is 4.79 Å². The van der Waals surface area contributed by atoms with Gasteiger partial charge < -0.3 is 10.1 Å². The van der Waals surface area contributed by atoms with E-state index in [4.69, 9.17) is 5.11 Å². The number of carbonyl (C=O) groups is 1. The van der Waals surface area contributed by atoms with Gasteiger partial charge in [-0.15, -0.1) is 0 Å². The molecule has 0 spiro atoms. The predicted molar refractivity (Wildman–Crippen MR) is 70.6 cm³/mol. The number of imidazole rings is 1. The number of hydrogen-bond donors (Lipinski definition) is 2. The van der Waals surface area contributed by atoms with Gasteiger partial charge in [0.1, 0.15) is 12.4 Å². The Morgan fingerprint density at radius 2 is 2.22 bits per heavy atom. The number of aryl methyl sites for hydroxylation is 1. The van der Waals surface area contributed by atoms with E-state index in [1.54, 1.807) is 6.92 Å². The number of aliphatic hydroxyl groups excluding tert-OH is 1. The van der Waals surface area contributed by atoms with E-state index in [2.05, 4.69) is 16.9 Å². The van der Waals surface area contributed by atoms with Gasteiger partial charge in [-0.3, -0.25) is 4.79 Å². The fourth-order valence-corrected chi connectivity index (χ4v) is 2.19. The number of nitrogens with one attached hydrogen (secondary N) is 1. The molecule has 0 amide bonds. The fourth-order valence-electron chi connectivity index (χ4n) is 2.19. The number of H-pyrrole nitrogens is 1. The molecule has 1 heterocycles. The summed E-state index contributed by atoms with van der Waals surface area (Å²) in [6, 6.07) is 3.70. The molecular formula is C14H18N2O2. The molecule has 0 bridgehead atoms. The molecular weight excluding hydrogens is 228 g/mol. The Labute approximate surface area is 106 Å². The second-order valence-electron chi connectivity index (χ2n) is 4.49. The first-order valence-electron chi connectivity index (χ1n) is 6.29. The van der Waals surface area contributed by atoms with E-state index in [1.807, 2.05) is 12.1 Å². The van der Waals surface area contributed by atoms with E-state index in [-0.39, 0.29) is 12.4 Å². The van der Waals surface area contributed by atoms with Crippen LogP contribution in [-0.4, -0.2) is 20.9 Å². The highest BCUT2D eigenvalue weighted by molar-refractivity contribution is 6.00. The third-order valence-corrected chi connectivity index (χ3v) is 3.12. The topological polar surface area (TPSA) is 66.0 Å². The van der Waals surface area contributed by atoms with Crippen LogP contribution in [0.5, 0.6) is 0 Å². The zero-order valence-electron chi connectivity index (χ0n) is 10.8. The lowest BCUT2D eigenvalue weighted by Gasteiger charge is -2.07. The molecule has 1 aromatic carbocycles. The van der Waals surface area contributed by atoms with Crippen molar-refractivity contribution in [2.75, 3.05) is 0 Å². The van der Waals surface area contributed by atoms with E-state index >= 15 is 0 Å². The third kappa shape index (κ3) is 2.29. The number of nitrogens with zero attached hydrogens (tertiary/aromatic N) is 1. The molecule has 0 fully saturated rings. The van der Waals surface area contributed by atoms with Gasteiger partial charge in [-0.25, -0.2) is 4.98 Å². The number of aromatic amines is 1. The molecule has 0 unspecified atom stereocenters. The Balaban J connectivity index is 2.59. The first kappa shape index (κ1) is 12.8. The van der Waals surface area contributed by atoms with Crippen LogP contribution >= 0.6 is 0 Å². The lowest BCUT2D eigenvalue weighted by atomic mass is 9.98. The van der Waals surface area contributed by atoms with Gasteiger partial charge in [-0.05, 0) is 37.5 Å². The molecule has 0 saturated heterocycles. The smallest absolute Gasteiger partial charge is 0.160 e. The highest BCUT2D eigenvalue weighted by Gasteiger charge is 2.14. The first-order chi connectivity index (χ1) is 8.67. The summed E-state index contributed by atoms with van der Waals surface area (Å²) in [7, 11) is 0. The van der Waals surface area contributed by atoms with Gasteiger partial charge in [0.25, 0.3) is 0 Å². The Bertz CT molecular complexity index is 572. The maximum absolute atomic E-state index is 11.7. The maximum atomic E-state index is 11.7. The van der Waals surface area contributed by atoms with E-state index in [1.165, 1.54) is 0 Å². The summed E-state index contributed by atoms with van der Waals surface area (Å²) in [5.41, 5.74) is 3.44. The zero-order chi connectivity index (χ0) is 13.1. The van der Waals surface area contributed by atoms with Crippen molar-refractivity contribution in [1.29, 1.82) is 0 Å². The van der Waals surface area contributed by atoms with Crippen LogP contribution in [0.15, 0.2) is 12.1 Å². The fraction of sp³-hybridized carbons (Fsp3) is 0.429. The Hall–Kier alpha value is -1.68. The quantitative estimate of drug-likeness (QED) is 0.797. The van der Waals surface area contributed by atoms with E-state index < -0.39 is 0 Å².